The Morgan fingerprint density at radius 2 is 1.72 bits per heavy atom. The molecular formula is C27H25N3O2. The lowest BCUT2D eigenvalue weighted by molar-refractivity contribution is 0.0698. The van der Waals surface area contributed by atoms with E-state index in [0.717, 1.165) is 40.8 Å². The molecule has 0 saturated carbocycles. The number of benzene rings is 3. The predicted octanol–water partition coefficient (Wildman–Crippen LogP) is 5.93. The van der Waals surface area contributed by atoms with Gasteiger partial charge in [-0.05, 0) is 60.4 Å². The summed E-state index contributed by atoms with van der Waals surface area (Å²) in [6.07, 6.45) is 1.95. The van der Waals surface area contributed by atoms with E-state index < -0.39 is 5.97 Å². The molecule has 0 radical (unpaired) electrons. The van der Waals surface area contributed by atoms with Gasteiger partial charge in [-0.2, -0.15) is 0 Å². The van der Waals surface area contributed by atoms with Gasteiger partial charge >= 0.3 is 5.97 Å². The van der Waals surface area contributed by atoms with Crippen LogP contribution in [-0.2, 0) is 13.1 Å². The van der Waals surface area contributed by atoms with Crippen LogP contribution in [0.25, 0.3) is 10.9 Å². The van der Waals surface area contributed by atoms with E-state index in [1.54, 1.807) is 12.1 Å². The van der Waals surface area contributed by atoms with E-state index in [4.69, 9.17) is 4.98 Å². The molecule has 1 aliphatic rings. The molecule has 1 atom stereocenters. The molecule has 0 spiro atoms. The van der Waals surface area contributed by atoms with Crippen LogP contribution < -0.4 is 10.2 Å². The molecule has 5 nitrogen and oxygen atoms in total. The second-order valence-electron chi connectivity index (χ2n) is 8.46. The van der Waals surface area contributed by atoms with E-state index in [-0.39, 0.29) is 11.6 Å². The summed E-state index contributed by atoms with van der Waals surface area (Å²) in [4.78, 5) is 18.8. The summed E-state index contributed by atoms with van der Waals surface area (Å²) in [5, 5.41) is 14.0. The predicted molar refractivity (Wildman–Crippen MR) is 128 cm³/mol. The van der Waals surface area contributed by atoms with Crippen LogP contribution in [-0.4, -0.2) is 16.1 Å². The van der Waals surface area contributed by atoms with Gasteiger partial charge in [0, 0.05) is 30.2 Å². The lowest BCUT2D eigenvalue weighted by Crippen LogP contribution is -2.15. The number of fused-ring (bicyclic) bond motifs is 2. The van der Waals surface area contributed by atoms with Gasteiger partial charge in [0.15, 0.2) is 0 Å². The molecular weight excluding hydrogens is 398 g/mol. The maximum absolute atomic E-state index is 11.6. The molecule has 5 rings (SSSR count). The fourth-order valence-electron chi connectivity index (χ4n) is 4.54. The highest BCUT2D eigenvalue weighted by Crippen LogP contribution is 2.33. The minimum atomic E-state index is -0.938. The second kappa shape index (κ2) is 8.00. The standard InChI is InChI=1S/C27H25N3O2/c1-17-11-23(18(2)29-25-10-6-5-9-22(25)27(31)32)24-13-21(14-28-26(24)12-17)30-15-19-7-3-4-8-20(19)16-30/h3-14,18,29H,15-16H2,1-2H3,(H,31,32). The molecule has 4 aromatic rings. The van der Waals surface area contributed by atoms with Crippen LogP contribution >= 0.6 is 0 Å². The number of rotatable bonds is 5. The Morgan fingerprint density at radius 1 is 1.03 bits per heavy atom. The number of nitrogens with one attached hydrogen (secondary N) is 1. The first-order chi connectivity index (χ1) is 15.5. The van der Waals surface area contributed by atoms with Gasteiger partial charge in [-0.1, -0.05) is 42.5 Å². The maximum Gasteiger partial charge on any atom is 0.337 e. The maximum atomic E-state index is 11.6. The minimum absolute atomic E-state index is 0.0919. The van der Waals surface area contributed by atoms with E-state index in [1.165, 1.54) is 11.1 Å². The van der Waals surface area contributed by atoms with Crippen molar-refractivity contribution in [3.63, 3.8) is 0 Å². The first-order valence-corrected chi connectivity index (χ1v) is 10.8. The summed E-state index contributed by atoms with van der Waals surface area (Å²) in [6, 6.07) is 21.9. The Labute approximate surface area is 187 Å². The van der Waals surface area contributed by atoms with Crippen molar-refractivity contribution in [3.05, 3.63) is 101 Å². The molecule has 1 aromatic heterocycles. The topological polar surface area (TPSA) is 65.5 Å². The van der Waals surface area contributed by atoms with Crippen molar-refractivity contribution < 1.29 is 9.90 Å². The van der Waals surface area contributed by atoms with Crippen LogP contribution in [0.1, 0.15) is 45.6 Å². The number of nitrogens with zero attached hydrogens (tertiary/aromatic N) is 2. The number of aromatic nitrogens is 1. The summed E-state index contributed by atoms with van der Waals surface area (Å²) in [7, 11) is 0. The van der Waals surface area contributed by atoms with Crippen LogP contribution in [0.3, 0.4) is 0 Å². The Bertz CT molecular complexity index is 1310. The zero-order valence-electron chi connectivity index (χ0n) is 18.2. The molecule has 5 heteroatoms. The van der Waals surface area contributed by atoms with Crippen molar-refractivity contribution in [2.24, 2.45) is 0 Å². The molecule has 3 aromatic carbocycles. The molecule has 0 saturated heterocycles. The molecule has 32 heavy (non-hydrogen) atoms. The SMILES string of the molecule is Cc1cc(C(C)Nc2ccccc2C(=O)O)c2cc(N3Cc4ccccc4C3)cnc2c1. The van der Waals surface area contributed by atoms with Crippen LogP contribution in [0, 0.1) is 6.92 Å². The fraction of sp³-hybridized carbons (Fsp3) is 0.185. The highest BCUT2D eigenvalue weighted by molar-refractivity contribution is 5.94. The number of carboxylic acid groups (broad SMARTS) is 1. The monoisotopic (exact) mass is 423 g/mol. The highest BCUT2D eigenvalue weighted by atomic mass is 16.4. The van der Waals surface area contributed by atoms with Crippen molar-refractivity contribution in [3.8, 4) is 0 Å². The van der Waals surface area contributed by atoms with E-state index in [9.17, 15) is 9.90 Å². The van der Waals surface area contributed by atoms with Gasteiger partial charge in [0.25, 0.3) is 0 Å². The smallest absolute Gasteiger partial charge is 0.337 e. The molecule has 1 aliphatic heterocycles. The van der Waals surface area contributed by atoms with Crippen LogP contribution in [0.5, 0.6) is 0 Å². The van der Waals surface area contributed by atoms with Crippen LogP contribution in [0.4, 0.5) is 11.4 Å². The number of hydrogen-bond donors (Lipinski definition) is 2. The summed E-state index contributed by atoms with van der Waals surface area (Å²) in [6.45, 7) is 5.88. The molecule has 0 amide bonds. The molecule has 160 valence electrons. The zero-order valence-corrected chi connectivity index (χ0v) is 18.2. The molecule has 1 unspecified atom stereocenters. The Hall–Kier alpha value is -3.86. The van der Waals surface area contributed by atoms with Crippen LogP contribution in [0.15, 0.2) is 72.9 Å². The number of para-hydroxylation sites is 1. The number of hydrogen-bond acceptors (Lipinski definition) is 4. The molecule has 0 aliphatic carbocycles. The van der Waals surface area contributed by atoms with Gasteiger partial charge < -0.3 is 15.3 Å². The third kappa shape index (κ3) is 3.66. The number of anilines is 2. The Morgan fingerprint density at radius 3 is 2.44 bits per heavy atom. The summed E-state index contributed by atoms with van der Waals surface area (Å²) < 4.78 is 0. The minimum Gasteiger partial charge on any atom is -0.478 e. The van der Waals surface area contributed by atoms with Crippen molar-refractivity contribution in [1.82, 2.24) is 4.98 Å². The zero-order chi connectivity index (χ0) is 22.2. The normalized spacial score (nSPS) is 13.8. The Kier molecular flexibility index (Phi) is 5.02. The van der Waals surface area contributed by atoms with Crippen molar-refractivity contribution in [2.75, 3.05) is 10.2 Å². The van der Waals surface area contributed by atoms with Crippen LogP contribution in [0.2, 0.25) is 0 Å². The van der Waals surface area contributed by atoms with E-state index in [1.807, 2.05) is 18.3 Å². The van der Waals surface area contributed by atoms with E-state index in [2.05, 4.69) is 66.5 Å². The second-order valence-corrected chi connectivity index (χ2v) is 8.46. The van der Waals surface area contributed by atoms with E-state index in [0.29, 0.717) is 5.69 Å². The van der Waals surface area contributed by atoms with Gasteiger partial charge in [-0.25, -0.2) is 4.79 Å². The summed E-state index contributed by atoms with van der Waals surface area (Å²) in [5.74, 6) is -0.938. The lowest BCUT2D eigenvalue weighted by atomic mass is 9.98. The van der Waals surface area contributed by atoms with Gasteiger partial charge in [0.2, 0.25) is 0 Å². The number of aromatic carboxylic acids is 1. The number of carbonyl (C=O) groups is 1. The first kappa shape index (κ1) is 20.1. The average Bonchev–Trinajstić information content (AvgIpc) is 3.22. The quantitative estimate of drug-likeness (QED) is 0.416. The van der Waals surface area contributed by atoms with Crippen molar-refractivity contribution in [2.45, 2.75) is 33.0 Å². The number of aryl methyl sites for hydroxylation is 1. The third-order valence-corrected chi connectivity index (χ3v) is 6.16. The van der Waals surface area contributed by atoms with Gasteiger partial charge in [0.1, 0.15) is 0 Å². The van der Waals surface area contributed by atoms with Gasteiger partial charge in [0.05, 0.1) is 23.0 Å². The largest absolute Gasteiger partial charge is 0.478 e. The number of carboxylic acids is 1. The molecule has 0 fully saturated rings. The number of pyridine rings is 1. The lowest BCUT2D eigenvalue weighted by Gasteiger charge is -2.22. The van der Waals surface area contributed by atoms with E-state index >= 15 is 0 Å². The third-order valence-electron chi connectivity index (χ3n) is 6.16. The average molecular weight is 424 g/mol. The Balaban J connectivity index is 1.52. The molecule has 0 bridgehead atoms. The molecule has 2 N–H and O–H groups in total. The van der Waals surface area contributed by atoms with Gasteiger partial charge in [-0.3, -0.25) is 4.98 Å². The van der Waals surface area contributed by atoms with Crippen molar-refractivity contribution >= 4 is 28.2 Å². The summed E-state index contributed by atoms with van der Waals surface area (Å²) >= 11 is 0. The highest BCUT2D eigenvalue weighted by Gasteiger charge is 2.21. The summed E-state index contributed by atoms with van der Waals surface area (Å²) in [5.41, 5.74) is 7.87. The molecule has 2 heterocycles. The first-order valence-electron chi connectivity index (χ1n) is 10.8. The van der Waals surface area contributed by atoms with Gasteiger partial charge in [-0.15, -0.1) is 0 Å². The fourth-order valence-corrected chi connectivity index (χ4v) is 4.54. The van der Waals surface area contributed by atoms with Crippen molar-refractivity contribution in [1.29, 1.82) is 0 Å².